The molecule has 0 aliphatic carbocycles. The van der Waals surface area contributed by atoms with E-state index < -0.39 is 6.33 Å². The van der Waals surface area contributed by atoms with Crippen molar-refractivity contribution in [3.63, 3.8) is 0 Å². The number of benzene rings is 1. The van der Waals surface area contributed by atoms with Gasteiger partial charge in [0.2, 0.25) is 0 Å². The predicted octanol–water partition coefficient (Wildman–Crippen LogP) is 1.28. The van der Waals surface area contributed by atoms with E-state index in [1.165, 1.54) is 6.07 Å². The summed E-state index contributed by atoms with van der Waals surface area (Å²) in [5.41, 5.74) is 1.04. The van der Waals surface area contributed by atoms with Crippen molar-refractivity contribution in [1.82, 2.24) is 0 Å². The van der Waals surface area contributed by atoms with Crippen LogP contribution >= 0.6 is 23.1 Å². The van der Waals surface area contributed by atoms with E-state index in [1.807, 2.05) is 0 Å². The highest BCUT2D eigenvalue weighted by Gasteiger charge is 2.16. The highest BCUT2D eigenvalue weighted by atomic mass is 35.5. The second-order valence-corrected chi connectivity index (χ2v) is 3.32. The molecule has 1 rings (SSSR count). The Morgan fingerprint density at radius 1 is 1.42 bits per heavy atom. The highest BCUT2D eigenvalue weighted by molar-refractivity contribution is 7.10. The van der Waals surface area contributed by atoms with Gasteiger partial charge in [-0.1, -0.05) is 17.7 Å². The van der Waals surface area contributed by atoms with Gasteiger partial charge in [-0.05, 0) is 18.6 Å². The molecule has 0 bridgehead atoms. The largest absolute Gasteiger partial charge is 0.508 e. The third kappa shape index (κ3) is 1.86. The smallest absolute Gasteiger partial charge is 0.435 e. The van der Waals surface area contributed by atoms with Crippen LogP contribution in [0.1, 0.15) is 5.56 Å². The van der Waals surface area contributed by atoms with Crippen molar-refractivity contribution >= 4 is 34.9 Å². The first-order valence-corrected chi connectivity index (χ1v) is 4.15. The topological polar surface area (TPSA) is 40.5 Å². The number of aryl methyl sites for hydroxylation is 1. The van der Waals surface area contributed by atoms with Crippen LogP contribution in [0, 0.1) is 6.92 Å². The Balaban J connectivity index is 3.23. The molecule has 0 aliphatic rings. The van der Waals surface area contributed by atoms with Gasteiger partial charge in [0, 0.05) is 10.5 Å². The molecule has 0 fully saturated rings. The van der Waals surface area contributed by atoms with Gasteiger partial charge in [-0.15, -0.1) is 11.5 Å². The van der Waals surface area contributed by atoms with Crippen molar-refractivity contribution in [3.05, 3.63) is 22.7 Å². The molecule has 0 aromatic heterocycles. The zero-order valence-electron chi connectivity index (χ0n) is 6.38. The minimum Gasteiger partial charge on any atom is -0.508 e. The molecular weight excluding hydrogens is 198 g/mol. The summed E-state index contributed by atoms with van der Waals surface area (Å²) in [5.74, 6) is -0.0897. The van der Waals surface area contributed by atoms with Crippen LogP contribution in [0.3, 0.4) is 0 Å². The molecule has 0 atom stereocenters. The van der Waals surface area contributed by atoms with E-state index in [0.29, 0.717) is 5.02 Å². The Hall–Kier alpha value is -0.375. The van der Waals surface area contributed by atoms with Gasteiger partial charge < -0.3 is 10.1 Å². The van der Waals surface area contributed by atoms with Gasteiger partial charge in [0.15, 0.2) is 0 Å². The molecule has 0 unspecified atom stereocenters. The fourth-order valence-electron chi connectivity index (χ4n) is 0.884. The number of phenolic OH excluding ortho intramolecular Hbond substituents is 1. The maximum absolute atomic E-state index is 9.26. The highest BCUT2D eigenvalue weighted by Crippen LogP contribution is 2.19. The van der Waals surface area contributed by atoms with Crippen LogP contribution in [-0.4, -0.2) is 16.5 Å². The lowest BCUT2D eigenvalue weighted by Gasteiger charge is -2.05. The van der Waals surface area contributed by atoms with Crippen molar-refractivity contribution in [2.24, 2.45) is 0 Å². The van der Waals surface area contributed by atoms with Crippen LogP contribution in [0.2, 0.25) is 5.02 Å². The van der Waals surface area contributed by atoms with Gasteiger partial charge in [-0.3, -0.25) is 0 Å². The van der Waals surface area contributed by atoms with Crippen LogP contribution < -0.4 is 5.46 Å². The van der Waals surface area contributed by atoms with Crippen molar-refractivity contribution < 1.29 is 10.1 Å². The SMILES string of the molecule is Cc1cc(B(O)Cl)c(O)cc1Cl. The van der Waals surface area contributed by atoms with Crippen LogP contribution in [0.5, 0.6) is 5.75 Å². The molecule has 0 saturated carbocycles. The Bertz CT molecular complexity index is 302. The van der Waals surface area contributed by atoms with E-state index in [9.17, 15) is 5.11 Å². The van der Waals surface area contributed by atoms with E-state index >= 15 is 0 Å². The zero-order chi connectivity index (χ0) is 9.30. The van der Waals surface area contributed by atoms with E-state index in [0.717, 1.165) is 5.56 Å². The molecule has 0 heterocycles. The Kier molecular flexibility index (Phi) is 2.88. The summed E-state index contributed by atoms with van der Waals surface area (Å²) in [6.07, 6.45) is -1.19. The van der Waals surface area contributed by atoms with Crippen LogP contribution in [0.4, 0.5) is 0 Å². The molecule has 12 heavy (non-hydrogen) atoms. The first-order valence-electron chi connectivity index (χ1n) is 3.33. The van der Waals surface area contributed by atoms with Gasteiger partial charge in [0.05, 0.1) is 0 Å². The van der Waals surface area contributed by atoms with Crippen molar-refractivity contribution in [2.75, 3.05) is 0 Å². The average molecular weight is 205 g/mol. The predicted molar refractivity (Wildman–Crippen MR) is 51.3 cm³/mol. The molecule has 0 radical (unpaired) electrons. The van der Waals surface area contributed by atoms with E-state index in [1.54, 1.807) is 13.0 Å². The number of hydrogen-bond donors (Lipinski definition) is 2. The summed E-state index contributed by atoms with van der Waals surface area (Å²) in [6, 6.07) is 2.91. The third-order valence-electron chi connectivity index (χ3n) is 1.56. The lowest BCUT2D eigenvalue weighted by Crippen LogP contribution is -2.24. The average Bonchev–Trinajstić information content (AvgIpc) is 1.96. The number of phenols is 1. The first kappa shape index (κ1) is 9.71. The van der Waals surface area contributed by atoms with Crippen LogP contribution in [0.25, 0.3) is 0 Å². The van der Waals surface area contributed by atoms with Crippen LogP contribution in [-0.2, 0) is 0 Å². The number of hydrogen-bond acceptors (Lipinski definition) is 2. The second-order valence-electron chi connectivity index (χ2n) is 2.50. The molecular formula is C7H7BCl2O2. The Morgan fingerprint density at radius 3 is 2.50 bits per heavy atom. The van der Waals surface area contributed by atoms with Gasteiger partial charge >= 0.3 is 6.33 Å². The van der Waals surface area contributed by atoms with Gasteiger partial charge in [0.1, 0.15) is 5.75 Å². The summed E-state index contributed by atoms with van der Waals surface area (Å²) in [5, 5.41) is 18.7. The minimum atomic E-state index is -1.19. The molecule has 1 aromatic rings. The molecule has 1 aromatic carbocycles. The van der Waals surface area contributed by atoms with Crippen molar-refractivity contribution in [1.29, 1.82) is 0 Å². The molecule has 2 nitrogen and oxygen atoms in total. The number of halogens is 2. The Labute approximate surface area is 80.8 Å². The van der Waals surface area contributed by atoms with Crippen molar-refractivity contribution in [3.8, 4) is 5.75 Å². The molecule has 5 heteroatoms. The third-order valence-corrected chi connectivity index (χ3v) is 2.21. The lowest BCUT2D eigenvalue weighted by atomic mass is 9.85. The molecule has 0 amide bonds. The zero-order valence-corrected chi connectivity index (χ0v) is 7.89. The Morgan fingerprint density at radius 2 is 2.00 bits per heavy atom. The summed E-state index contributed by atoms with van der Waals surface area (Å²) in [6.45, 7) is 1.77. The first-order chi connectivity index (χ1) is 5.52. The van der Waals surface area contributed by atoms with Gasteiger partial charge in [-0.25, -0.2) is 0 Å². The number of rotatable bonds is 1. The summed E-state index contributed by atoms with van der Waals surface area (Å²) >= 11 is 11.1. The van der Waals surface area contributed by atoms with E-state index in [4.69, 9.17) is 28.1 Å². The summed E-state index contributed by atoms with van der Waals surface area (Å²) < 4.78 is 0. The fourth-order valence-corrected chi connectivity index (χ4v) is 1.22. The summed E-state index contributed by atoms with van der Waals surface area (Å²) in [4.78, 5) is 0. The normalized spacial score (nSPS) is 10.0. The summed E-state index contributed by atoms with van der Waals surface area (Å²) in [7, 11) is 0. The quantitative estimate of drug-likeness (QED) is 0.677. The molecule has 64 valence electrons. The monoisotopic (exact) mass is 204 g/mol. The molecule has 2 N–H and O–H groups in total. The minimum absolute atomic E-state index is 0.0897. The standard InChI is InChI=1S/C7H7BCl2O2/c1-4-2-5(8(10)12)7(11)3-6(4)9/h2-3,11-12H,1H3. The maximum atomic E-state index is 9.26. The molecule has 0 spiro atoms. The van der Waals surface area contributed by atoms with Crippen LogP contribution in [0.15, 0.2) is 12.1 Å². The van der Waals surface area contributed by atoms with Gasteiger partial charge in [-0.2, -0.15) is 0 Å². The second kappa shape index (κ2) is 3.56. The van der Waals surface area contributed by atoms with E-state index in [2.05, 4.69) is 0 Å². The maximum Gasteiger partial charge on any atom is 0.435 e. The molecule has 0 saturated heterocycles. The number of aromatic hydroxyl groups is 1. The molecule has 0 aliphatic heterocycles. The van der Waals surface area contributed by atoms with Crippen molar-refractivity contribution in [2.45, 2.75) is 6.92 Å². The fraction of sp³-hybridized carbons (Fsp3) is 0.143. The van der Waals surface area contributed by atoms with Gasteiger partial charge in [0.25, 0.3) is 0 Å². The van der Waals surface area contributed by atoms with E-state index in [-0.39, 0.29) is 11.2 Å². The lowest BCUT2D eigenvalue weighted by molar-refractivity contribution is 0.477.